The molecule has 1 atom stereocenters. The molecule has 0 bridgehead atoms. The van der Waals surface area contributed by atoms with Crippen molar-refractivity contribution in [2.45, 2.75) is 34.1 Å². The summed E-state index contributed by atoms with van der Waals surface area (Å²) in [6, 6.07) is 4.21. The third kappa shape index (κ3) is 2.26. The highest BCUT2D eigenvalue weighted by Crippen LogP contribution is 2.40. The minimum absolute atomic E-state index is 0.347. The highest BCUT2D eigenvalue weighted by Gasteiger charge is 2.30. The molecule has 2 rings (SSSR count). The van der Waals surface area contributed by atoms with Gasteiger partial charge in [-0.05, 0) is 41.9 Å². The number of hydrogen-bond donors (Lipinski definition) is 1. The average molecular weight is 233 g/mol. The second-order valence-corrected chi connectivity index (χ2v) is 6.09. The first-order valence-corrected chi connectivity index (χ1v) is 6.34. The molecule has 1 unspecified atom stereocenters. The average Bonchev–Trinajstić information content (AvgIpc) is 2.28. The summed E-state index contributed by atoms with van der Waals surface area (Å²) in [5, 5.41) is 3.55. The largest absolute Gasteiger partial charge is 0.495 e. The molecule has 0 spiro atoms. The molecule has 0 radical (unpaired) electrons. The van der Waals surface area contributed by atoms with Crippen LogP contribution in [0.15, 0.2) is 12.1 Å². The first-order valence-electron chi connectivity index (χ1n) is 6.34. The molecule has 0 aliphatic carbocycles. The van der Waals surface area contributed by atoms with Gasteiger partial charge in [0.2, 0.25) is 0 Å². The molecule has 0 fully saturated rings. The van der Waals surface area contributed by atoms with E-state index in [0.717, 1.165) is 18.7 Å². The van der Waals surface area contributed by atoms with Crippen molar-refractivity contribution in [2.24, 2.45) is 11.3 Å². The lowest BCUT2D eigenvalue weighted by molar-refractivity contribution is 0.246. The van der Waals surface area contributed by atoms with Gasteiger partial charge in [0.05, 0.1) is 12.8 Å². The molecule has 94 valence electrons. The summed E-state index contributed by atoms with van der Waals surface area (Å²) in [5.74, 6) is 1.65. The van der Waals surface area contributed by atoms with Crippen molar-refractivity contribution in [3.05, 3.63) is 23.3 Å². The van der Waals surface area contributed by atoms with Crippen LogP contribution in [-0.2, 0) is 6.42 Å². The van der Waals surface area contributed by atoms with Gasteiger partial charge in [0.25, 0.3) is 0 Å². The van der Waals surface area contributed by atoms with Crippen LogP contribution in [-0.4, -0.2) is 13.7 Å². The summed E-state index contributed by atoms with van der Waals surface area (Å²) in [4.78, 5) is 0. The highest BCUT2D eigenvalue weighted by molar-refractivity contribution is 5.66. The number of ether oxygens (including phenoxy) is 1. The standard InChI is InChI=1S/C15H23NO/c1-10-6-7-13(17-5)14-12(10)8-11(9-16-14)15(2,3)4/h6-7,11,16H,8-9H2,1-5H3. The molecule has 1 heterocycles. The number of anilines is 1. The van der Waals surface area contributed by atoms with Crippen LogP contribution in [0.3, 0.4) is 0 Å². The third-order valence-corrected chi connectivity index (χ3v) is 3.93. The van der Waals surface area contributed by atoms with E-state index in [1.165, 1.54) is 16.8 Å². The van der Waals surface area contributed by atoms with E-state index in [1.807, 2.05) is 0 Å². The Kier molecular flexibility index (Phi) is 3.07. The molecular weight excluding hydrogens is 210 g/mol. The Morgan fingerprint density at radius 3 is 2.59 bits per heavy atom. The molecule has 0 amide bonds. The lowest BCUT2D eigenvalue weighted by atomic mass is 9.74. The minimum atomic E-state index is 0.347. The second kappa shape index (κ2) is 4.25. The molecule has 1 aliphatic heterocycles. The zero-order valence-electron chi connectivity index (χ0n) is 11.6. The van der Waals surface area contributed by atoms with Gasteiger partial charge in [-0.25, -0.2) is 0 Å². The van der Waals surface area contributed by atoms with Gasteiger partial charge in [0.15, 0.2) is 0 Å². The van der Waals surface area contributed by atoms with E-state index in [1.54, 1.807) is 7.11 Å². The van der Waals surface area contributed by atoms with E-state index in [0.29, 0.717) is 11.3 Å². The van der Waals surface area contributed by atoms with E-state index in [2.05, 4.69) is 45.1 Å². The first-order chi connectivity index (χ1) is 7.93. The van der Waals surface area contributed by atoms with Crippen molar-refractivity contribution < 1.29 is 4.74 Å². The quantitative estimate of drug-likeness (QED) is 0.799. The summed E-state index contributed by atoms with van der Waals surface area (Å²) in [6.45, 7) is 10.2. The van der Waals surface area contributed by atoms with E-state index in [9.17, 15) is 0 Å². The lowest BCUT2D eigenvalue weighted by Crippen LogP contribution is -2.33. The van der Waals surface area contributed by atoms with E-state index >= 15 is 0 Å². The Balaban J connectivity index is 2.38. The van der Waals surface area contributed by atoms with Crippen LogP contribution in [0, 0.1) is 18.3 Å². The summed E-state index contributed by atoms with van der Waals surface area (Å²) in [5.41, 5.74) is 4.34. The van der Waals surface area contributed by atoms with Gasteiger partial charge in [-0.3, -0.25) is 0 Å². The molecule has 1 N–H and O–H groups in total. The van der Waals surface area contributed by atoms with Crippen LogP contribution >= 0.6 is 0 Å². The molecule has 17 heavy (non-hydrogen) atoms. The smallest absolute Gasteiger partial charge is 0.142 e. The Morgan fingerprint density at radius 2 is 2.00 bits per heavy atom. The Labute approximate surface area is 104 Å². The molecule has 1 aliphatic rings. The number of rotatable bonds is 1. The molecular formula is C15H23NO. The second-order valence-electron chi connectivity index (χ2n) is 6.09. The summed E-state index contributed by atoms with van der Waals surface area (Å²) >= 11 is 0. The normalized spacial score (nSPS) is 19.5. The zero-order chi connectivity index (χ0) is 12.6. The zero-order valence-corrected chi connectivity index (χ0v) is 11.6. The van der Waals surface area contributed by atoms with Gasteiger partial charge in [0, 0.05) is 6.54 Å². The maximum absolute atomic E-state index is 5.43. The predicted octanol–water partition coefficient (Wildman–Crippen LogP) is 3.63. The maximum Gasteiger partial charge on any atom is 0.142 e. The Bertz CT molecular complexity index is 418. The Hall–Kier alpha value is -1.18. The first kappa shape index (κ1) is 12.3. The van der Waals surface area contributed by atoms with Gasteiger partial charge >= 0.3 is 0 Å². The van der Waals surface area contributed by atoms with Gasteiger partial charge in [-0.1, -0.05) is 26.8 Å². The Morgan fingerprint density at radius 1 is 1.29 bits per heavy atom. The minimum Gasteiger partial charge on any atom is -0.495 e. The van der Waals surface area contributed by atoms with E-state index in [4.69, 9.17) is 4.74 Å². The molecule has 1 aromatic carbocycles. The molecule has 2 nitrogen and oxygen atoms in total. The van der Waals surface area contributed by atoms with Crippen molar-refractivity contribution in [1.82, 2.24) is 0 Å². The van der Waals surface area contributed by atoms with Crippen LogP contribution in [0.1, 0.15) is 31.9 Å². The van der Waals surface area contributed by atoms with Gasteiger partial charge in [-0.15, -0.1) is 0 Å². The van der Waals surface area contributed by atoms with Crippen LogP contribution in [0.4, 0.5) is 5.69 Å². The molecule has 0 aromatic heterocycles. The fraction of sp³-hybridized carbons (Fsp3) is 0.600. The number of aryl methyl sites for hydroxylation is 1. The van der Waals surface area contributed by atoms with Crippen molar-refractivity contribution in [3.63, 3.8) is 0 Å². The van der Waals surface area contributed by atoms with Gasteiger partial charge in [-0.2, -0.15) is 0 Å². The fourth-order valence-corrected chi connectivity index (χ4v) is 2.51. The molecule has 0 saturated heterocycles. The predicted molar refractivity (Wildman–Crippen MR) is 72.9 cm³/mol. The topological polar surface area (TPSA) is 21.3 Å². The maximum atomic E-state index is 5.43. The highest BCUT2D eigenvalue weighted by atomic mass is 16.5. The lowest BCUT2D eigenvalue weighted by Gasteiger charge is -2.36. The van der Waals surface area contributed by atoms with Crippen molar-refractivity contribution >= 4 is 5.69 Å². The monoisotopic (exact) mass is 233 g/mol. The molecule has 2 heteroatoms. The van der Waals surface area contributed by atoms with Gasteiger partial charge in [0.1, 0.15) is 5.75 Å². The van der Waals surface area contributed by atoms with Crippen LogP contribution in [0.5, 0.6) is 5.75 Å². The number of fused-ring (bicyclic) bond motifs is 1. The summed E-state index contributed by atoms with van der Waals surface area (Å²) < 4.78 is 5.43. The third-order valence-electron chi connectivity index (χ3n) is 3.93. The fourth-order valence-electron chi connectivity index (χ4n) is 2.51. The van der Waals surface area contributed by atoms with E-state index in [-0.39, 0.29) is 0 Å². The number of benzene rings is 1. The SMILES string of the molecule is COc1ccc(C)c2c1NCC(C(C)(C)C)C2. The van der Waals surface area contributed by atoms with Crippen molar-refractivity contribution in [2.75, 3.05) is 19.0 Å². The molecule has 0 saturated carbocycles. The van der Waals surface area contributed by atoms with Crippen LogP contribution in [0.2, 0.25) is 0 Å². The summed E-state index contributed by atoms with van der Waals surface area (Å²) in [7, 11) is 1.74. The van der Waals surface area contributed by atoms with Crippen molar-refractivity contribution in [1.29, 1.82) is 0 Å². The number of hydrogen-bond acceptors (Lipinski definition) is 2. The number of nitrogens with one attached hydrogen (secondary N) is 1. The summed E-state index contributed by atoms with van der Waals surface area (Å²) in [6.07, 6.45) is 1.15. The van der Waals surface area contributed by atoms with Crippen molar-refractivity contribution in [3.8, 4) is 5.75 Å². The molecule has 1 aromatic rings. The van der Waals surface area contributed by atoms with Crippen LogP contribution in [0.25, 0.3) is 0 Å². The van der Waals surface area contributed by atoms with E-state index < -0.39 is 0 Å². The van der Waals surface area contributed by atoms with Gasteiger partial charge < -0.3 is 10.1 Å². The number of methoxy groups -OCH3 is 1. The van der Waals surface area contributed by atoms with Crippen LogP contribution < -0.4 is 10.1 Å².